The van der Waals surface area contributed by atoms with E-state index in [-0.39, 0.29) is 22.2 Å². The molecular weight excluding hydrogens is 402 g/mol. The second kappa shape index (κ2) is 6.83. The van der Waals surface area contributed by atoms with Gasteiger partial charge >= 0.3 is 0 Å². The number of nitrogens with zero attached hydrogens (tertiary/aromatic N) is 6. The number of carbonyl (C=O) groups is 1. The van der Waals surface area contributed by atoms with Gasteiger partial charge in [-0.15, -0.1) is 0 Å². The van der Waals surface area contributed by atoms with E-state index >= 15 is 0 Å². The van der Waals surface area contributed by atoms with E-state index in [1.807, 2.05) is 38.9 Å². The molecule has 2 saturated heterocycles. The molecule has 2 aliphatic rings. The van der Waals surface area contributed by atoms with Crippen molar-refractivity contribution in [3.8, 4) is 0 Å². The lowest BCUT2D eigenvalue weighted by atomic mass is 9.71. The molecule has 9 heteroatoms. The van der Waals surface area contributed by atoms with Crippen LogP contribution in [0.2, 0.25) is 5.02 Å². The molecule has 0 unspecified atom stereocenters. The topological polar surface area (TPSA) is 79.2 Å². The number of nitrogens with one attached hydrogen (secondary N) is 1. The average Bonchev–Trinajstić information content (AvgIpc) is 3.23. The van der Waals surface area contributed by atoms with Crippen LogP contribution < -0.4 is 10.2 Å². The first-order valence-electron chi connectivity index (χ1n) is 10.2. The van der Waals surface area contributed by atoms with E-state index in [2.05, 4.69) is 34.1 Å². The van der Waals surface area contributed by atoms with Crippen LogP contribution in [0.3, 0.4) is 0 Å². The number of anilines is 3. The third-order valence-corrected chi connectivity index (χ3v) is 6.80. The molecule has 1 N–H and O–H groups in total. The summed E-state index contributed by atoms with van der Waals surface area (Å²) in [4.78, 5) is 26.1. The number of rotatable bonds is 3. The molecule has 0 saturated carbocycles. The maximum atomic E-state index is 12.9. The van der Waals surface area contributed by atoms with Crippen LogP contribution in [0.25, 0.3) is 0 Å². The van der Waals surface area contributed by atoms with Crippen LogP contribution in [-0.4, -0.2) is 56.7 Å². The Morgan fingerprint density at radius 1 is 1.13 bits per heavy atom. The SMILES string of the molecule is Cn1cc(Nc2ncc(Cl)c(N3C[C@]4(C)CN(C(=O)C(C)(C)C)C[C@]4(C)C3)n2)cn1. The quantitative estimate of drug-likeness (QED) is 0.803. The van der Waals surface area contributed by atoms with Gasteiger partial charge in [0.25, 0.3) is 0 Å². The molecule has 0 radical (unpaired) electrons. The van der Waals surface area contributed by atoms with E-state index in [0.29, 0.717) is 11.0 Å². The van der Waals surface area contributed by atoms with Crippen LogP contribution in [0.4, 0.5) is 17.5 Å². The highest BCUT2D eigenvalue weighted by atomic mass is 35.5. The molecule has 2 fully saturated rings. The lowest BCUT2D eigenvalue weighted by Gasteiger charge is -2.30. The number of likely N-dealkylation sites (tertiary alicyclic amines) is 1. The lowest BCUT2D eigenvalue weighted by molar-refractivity contribution is -0.138. The molecule has 2 atom stereocenters. The lowest BCUT2D eigenvalue weighted by Crippen LogP contribution is -2.41. The number of hydrogen-bond donors (Lipinski definition) is 1. The number of amides is 1. The van der Waals surface area contributed by atoms with Crippen LogP contribution in [-0.2, 0) is 11.8 Å². The molecule has 2 aromatic rings. The second-order valence-electron chi connectivity index (χ2n) is 10.3. The first kappa shape index (κ1) is 20.9. The number of halogens is 1. The number of hydrogen-bond acceptors (Lipinski definition) is 6. The fraction of sp³-hybridized carbons (Fsp3) is 0.619. The summed E-state index contributed by atoms with van der Waals surface area (Å²) in [5.41, 5.74) is 0.394. The highest BCUT2D eigenvalue weighted by Crippen LogP contribution is 2.53. The van der Waals surface area contributed by atoms with Crippen LogP contribution >= 0.6 is 11.6 Å². The van der Waals surface area contributed by atoms with Gasteiger partial charge in [0.15, 0.2) is 5.82 Å². The van der Waals surface area contributed by atoms with Gasteiger partial charge in [-0.2, -0.15) is 10.1 Å². The van der Waals surface area contributed by atoms with Crippen molar-refractivity contribution in [3.05, 3.63) is 23.6 Å². The standard InChI is InChI=1S/C21H30ClN7O/c1-19(2,3)17(30)29-12-20(4)10-28(11-21(20,5)13-29)16-15(22)8-23-18(26-16)25-14-7-24-27(6)9-14/h7-9H,10-13H2,1-6H3,(H,23,25,26)/t20-,21+. The molecule has 0 spiro atoms. The van der Waals surface area contributed by atoms with E-state index in [0.717, 1.165) is 37.7 Å². The minimum absolute atomic E-state index is 0.0286. The van der Waals surface area contributed by atoms with Gasteiger partial charge in [0, 0.05) is 55.7 Å². The Labute approximate surface area is 182 Å². The Kier molecular flexibility index (Phi) is 4.76. The molecule has 2 aliphatic heterocycles. The van der Waals surface area contributed by atoms with Gasteiger partial charge in [0.1, 0.15) is 5.02 Å². The summed E-state index contributed by atoms with van der Waals surface area (Å²) < 4.78 is 1.72. The maximum absolute atomic E-state index is 12.9. The maximum Gasteiger partial charge on any atom is 0.229 e. The van der Waals surface area contributed by atoms with Crippen molar-refractivity contribution in [2.24, 2.45) is 23.3 Å². The second-order valence-corrected chi connectivity index (χ2v) is 10.7. The van der Waals surface area contributed by atoms with Crippen molar-refractivity contribution in [3.63, 3.8) is 0 Å². The van der Waals surface area contributed by atoms with Crippen molar-refractivity contribution in [2.45, 2.75) is 34.6 Å². The Hall–Kier alpha value is -2.35. The van der Waals surface area contributed by atoms with Gasteiger partial charge in [0.2, 0.25) is 11.9 Å². The monoisotopic (exact) mass is 431 g/mol. The van der Waals surface area contributed by atoms with Gasteiger partial charge in [-0.25, -0.2) is 4.98 Å². The average molecular weight is 432 g/mol. The zero-order chi connectivity index (χ0) is 21.9. The predicted octanol–water partition coefficient (Wildman–Crippen LogP) is 3.33. The number of fused-ring (bicyclic) bond motifs is 1. The molecule has 4 rings (SSSR count). The fourth-order valence-electron chi connectivity index (χ4n) is 4.68. The molecule has 0 aromatic carbocycles. The predicted molar refractivity (Wildman–Crippen MR) is 118 cm³/mol. The number of aryl methyl sites for hydroxylation is 1. The minimum atomic E-state index is -0.367. The summed E-state index contributed by atoms with van der Waals surface area (Å²) >= 11 is 6.49. The van der Waals surface area contributed by atoms with E-state index in [4.69, 9.17) is 16.6 Å². The third-order valence-electron chi connectivity index (χ3n) is 6.53. The first-order chi connectivity index (χ1) is 13.9. The molecule has 1 amide bonds. The van der Waals surface area contributed by atoms with Gasteiger partial charge in [0.05, 0.1) is 18.1 Å². The summed E-state index contributed by atoms with van der Waals surface area (Å²) in [6, 6.07) is 0. The van der Waals surface area contributed by atoms with Crippen LogP contribution in [0, 0.1) is 16.2 Å². The van der Waals surface area contributed by atoms with Crippen LogP contribution in [0.15, 0.2) is 18.6 Å². The van der Waals surface area contributed by atoms with Gasteiger partial charge in [-0.3, -0.25) is 9.48 Å². The summed E-state index contributed by atoms with van der Waals surface area (Å²) in [6.07, 6.45) is 5.22. The van der Waals surface area contributed by atoms with E-state index in [1.165, 1.54) is 0 Å². The molecule has 30 heavy (non-hydrogen) atoms. The van der Waals surface area contributed by atoms with Gasteiger partial charge in [-0.05, 0) is 0 Å². The molecule has 8 nitrogen and oxygen atoms in total. The molecule has 4 heterocycles. The van der Waals surface area contributed by atoms with Crippen molar-refractivity contribution >= 4 is 35.0 Å². The summed E-state index contributed by atoms with van der Waals surface area (Å²) in [5, 5.41) is 7.86. The van der Waals surface area contributed by atoms with Crippen molar-refractivity contribution in [2.75, 3.05) is 36.4 Å². The van der Waals surface area contributed by atoms with Crippen LogP contribution in [0.5, 0.6) is 0 Å². The largest absolute Gasteiger partial charge is 0.354 e. The first-order valence-corrected chi connectivity index (χ1v) is 10.6. The third kappa shape index (κ3) is 3.51. The van der Waals surface area contributed by atoms with Gasteiger partial charge < -0.3 is 15.1 Å². The van der Waals surface area contributed by atoms with Crippen molar-refractivity contribution in [1.82, 2.24) is 24.6 Å². The Morgan fingerprint density at radius 3 is 2.30 bits per heavy atom. The smallest absolute Gasteiger partial charge is 0.229 e. The zero-order valence-electron chi connectivity index (χ0n) is 18.5. The Morgan fingerprint density at radius 2 is 1.77 bits per heavy atom. The van der Waals surface area contributed by atoms with Crippen molar-refractivity contribution < 1.29 is 4.79 Å². The van der Waals surface area contributed by atoms with E-state index in [9.17, 15) is 4.79 Å². The summed E-state index contributed by atoms with van der Waals surface area (Å²) in [6.45, 7) is 13.6. The van der Waals surface area contributed by atoms with Gasteiger partial charge in [-0.1, -0.05) is 46.2 Å². The van der Waals surface area contributed by atoms with E-state index < -0.39 is 0 Å². The molecular formula is C21H30ClN7O. The molecule has 0 bridgehead atoms. The van der Waals surface area contributed by atoms with Crippen molar-refractivity contribution in [1.29, 1.82) is 0 Å². The fourth-order valence-corrected chi connectivity index (χ4v) is 4.89. The van der Waals surface area contributed by atoms with E-state index in [1.54, 1.807) is 17.1 Å². The molecule has 2 aromatic heterocycles. The highest BCUT2D eigenvalue weighted by molar-refractivity contribution is 6.32. The molecule has 162 valence electrons. The Bertz CT molecular complexity index is 964. The summed E-state index contributed by atoms with van der Waals surface area (Å²) in [5.74, 6) is 1.43. The minimum Gasteiger partial charge on any atom is -0.354 e. The highest BCUT2D eigenvalue weighted by Gasteiger charge is 2.59. The number of aromatic nitrogens is 4. The Balaban J connectivity index is 1.55. The summed E-state index contributed by atoms with van der Waals surface area (Å²) in [7, 11) is 1.86. The molecule has 0 aliphatic carbocycles. The normalized spacial score (nSPS) is 26.2. The number of carbonyl (C=O) groups excluding carboxylic acids is 1. The zero-order valence-corrected chi connectivity index (χ0v) is 19.3. The van der Waals surface area contributed by atoms with Crippen LogP contribution in [0.1, 0.15) is 34.6 Å².